The molecule has 0 bridgehead atoms. The van der Waals surface area contributed by atoms with E-state index in [4.69, 9.17) is 5.21 Å². The molecule has 0 aliphatic heterocycles. The average molecular weight is 273 g/mol. The van der Waals surface area contributed by atoms with Crippen molar-refractivity contribution in [2.75, 3.05) is 0 Å². The number of ether oxygens (including phenoxy) is 1. The van der Waals surface area contributed by atoms with Gasteiger partial charge in [-0.2, -0.15) is 13.2 Å². The van der Waals surface area contributed by atoms with Crippen LogP contribution < -0.4 is 4.74 Å². The van der Waals surface area contributed by atoms with E-state index in [1.807, 2.05) is 0 Å². The van der Waals surface area contributed by atoms with Crippen LogP contribution in [0.4, 0.5) is 26.3 Å². The zero-order valence-corrected chi connectivity index (χ0v) is 8.38. The Morgan fingerprint density at radius 3 is 1.83 bits per heavy atom. The van der Waals surface area contributed by atoms with Gasteiger partial charge < -0.3 is 9.94 Å². The Balaban J connectivity index is 2.96. The Hall–Kier alpha value is -1.93. The molecule has 100 valence electrons. The van der Waals surface area contributed by atoms with Crippen molar-refractivity contribution in [1.82, 2.24) is 0 Å². The fourth-order valence-electron chi connectivity index (χ4n) is 1.09. The third-order valence-electron chi connectivity index (χ3n) is 1.73. The summed E-state index contributed by atoms with van der Waals surface area (Å²) in [5, 5.41) is 10.3. The van der Waals surface area contributed by atoms with Crippen molar-refractivity contribution < 1.29 is 36.3 Å². The minimum Gasteiger partial charge on any atom is -0.410 e. The second kappa shape index (κ2) is 4.75. The molecule has 0 atom stereocenters. The van der Waals surface area contributed by atoms with Crippen LogP contribution in [0.25, 0.3) is 0 Å². The van der Waals surface area contributed by atoms with Gasteiger partial charge >= 0.3 is 12.5 Å². The molecule has 18 heavy (non-hydrogen) atoms. The summed E-state index contributed by atoms with van der Waals surface area (Å²) in [6.07, 6.45) is -9.85. The number of alkyl halides is 6. The second-order valence-corrected chi connectivity index (χ2v) is 3.02. The Morgan fingerprint density at radius 1 is 1.00 bits per heavy atom. The van der Waals surface area contributed by atoms with Crippen LogP contribution >= 0.6 is 0 Å². The lowest BCUT2D eigenvalue weighted by atomic mass is 10.1. The van der Waals surface area contributed by atoms with E-state index in [9.17, 15) is 26.3 Å². The summed E-state index contributed by atoms with van der Waals surface area (Å²) < 4.78 is 75.7. The molecule has 0 aliphatic carbocycles. The van der Waals surface area contributed by atoms with Crippen molar-refractivity contribution in [2.45, 2.75) is 12.5 Å². The predicted molar refractivity (Wildman–Crippen MR) is 47.5 cm³/mol. The van der Waals surface area contributed by atoms with E-state index in [1.54, 1.807) is 0 Å². The molecule has 0 saturated carbocycles. The SMILES string of the molecule is ON=C(c1ccc(OC(F)(F)F)cc1)C(F)(F)F. The third-order valence-corrected chi connectivity index (χ3v) is 1.73. The minimum absolute atomic E-state index is 0.584. The smallest absolute Gasteiger partial charge is 0.410 e. The van der Waals surface area contributed by atoms with Gasteiger partial charge in [0.15, 0.2) is 5.71 Å². The predicted octanol–water partition coefficient (Wildman–Crippen LogP) is 3.33. The second-order valence-electron chi connectivity index (χ2n) is 3.02. The molecule has 0 unspecified atom stereocenters. The van der Waals surface area contributed by atoms with Crippen LogP contribution in [0.1, 0.15) is 5.56 Å². The zero-order valence-electron chi connectivity index (χ0n) is 8.38. The number of halogens is 6. The van der Waals surface area contributed by atoms with Crippen molar-refractivity contribution >= 4 is 5.71 Å². The van der Waals surface area contributed by atoms with E-state index in [1.165, 1.54) is 0 Å². The van der Waals surface area contributed by atoms with Crippen LogP contribution in [-0.4, -0.2) is 23.5 Å². The largest absolute Gasteiger partial charge is 0.573 e. The lowest BCUT2D eigenvalue weighted by Gasteiger charge is -2.11. The zero-order chi connectivity index (χ0) is 14.0. The number of hydrogen-bond acceptors (Lipinski definition) is 3. The molecule has 1 aromatic rings. The summed E-state index contributed by atoms with van der Waals surface area (Å²) in [4.78, 5) is 0. The fraction of sp³-hybridized carbons (Fsp3) is 0.222. The quantitative estimate of drug-likeness (QED) is 0.388. The molecule has 0 saturated heterocycles. The van der Waals surface area contributed by atoms with E-state index in [0.717, 1.165) is 0 Å². The van der Waals surface area contributed by atoms with Crippen molar-refractivity contribution in [1.29, 1.82) is 0 Å². The molecule has 0 fully saturated rings. The molecule has 1 N–H and O–H groups in total. The monoisotopic (exact) mass is 273 g/mol. The maximum atomic E-state index is 12.3. The van der Waals surface area contributed by atoms with Crippen molar-refractivity contribution in [2.24, 2.45) is 5.16 Å². The normalized spacial score (nSPS) is 13.6. The average Bonchev–Trinajstić information content (AvgIpc) is 2.17. The fourth-order valence-corrected chi connectivity index (χ4v) is 1.09. The molecule has 3 nitrogen and oxygen atoms in total. The van der Waals surface area contributed by atoms with E-state index < -0.39 is 29.6 Å². The van der Waals surface area contributed by atoms with Crippen molar-refractivity contribution in [3.05, 3.63) is 29.8 Å². The highest BCUT2D eigenvalue weighted by atomic mass is 19.4. The highest BCUT2D eigenvalue weighted by Crippen LogP contribution is 2.26. The van der Waals surface area contributed by atoms with E-state index in [0.29, 0.717) is 24.3 Å². The van der Waals surface area contributed by atoms with Gasteiger partial charge in [0.2, 0.25) is 0 Å². The van der Waals surface area contributed by atoms with Crippen molar-refractivity contribution in [3.8, 4) is 5.75 Å². The molecular formula is C9H5F6NO2. The van der Waals surface area contributed by atoms with Gasteiger partial charge in [-0.1, -0.05) is 5.16 Å². The van der Waals surface area contributed by atoms with Crippen LogP contribution in [-0.2, 0) is 0 Å². The van der Waals surface area contributed by atoms with Crippen LogP contribution in [0.5, 0.6) is 5.75 Å². The van der Waals surface area contributed by atoms with Gasteiger partial charge in [0.1, 0.15) is 5.75 Å². The third kappa shape index (κ3) is 3.82. The summed E-state index contributed by atoms with van der Waals surface area (Å²) in [6.45, 7) is 0. The van der Waals surface area contributed by atoms with Gasteiger partial charge in [-0.15, -0.1) is 13.2 Å². The summed E-state index contributed by atoms with van der Waals surface area (Å²) >= 11 is 0. The number of oxime groups is 1. The molecule has 0 radical (unpaired) electrons. The van der Waals surface area contributed by atoms with Crippen LogP contribution in [0, 0.1) is 0 Å². The molecule has 0 amide bonds. The van der Waals surface area contributed by atoms with Crippen LogP contribution in [0.2, 0.25) is 0 Å². The first-order chi connectivity index (χ1) is 8.13. The Morgan fingerprint density at radius 2 is 1.50 bits per heavy atom. The molecule has 0 aliphatic rings. The summed E-state index contributed by atoms with van der Waals surface area (Å²) in [6, 6.07) is 2.76. The minimum atomic E-state index is -4.93. The van der Waals surface area contributed by atoms with Crippen molar-refractivity contribution in [3.63, 3.8) is 0 Å². The summed E-state index contributed by atoms with van der Waals surface area (Å²) in [7, 11) is 0. The highest BCUT2D eigenvalue weighted by molar-refractivity contribution is 6.04. The Bertz CT molecular complexity index is 434. The Labute approximate surface area is 96.3 Å². The first kappa shape index (κ1) is 14.1. The molecule has 9 heteroatoms. The van der Waals surface area contributed by atoms with Gasteiger partial charge in [0.25, 0.3) is 0 Å². The molecule has 1 aromatic carbocycles. The lowest BCUT2D eigenvalue weighted by Crippen LogP contribution is -2.24. The number of benzene rings is 1. The molecular weight excluding hydrogens is 268 g/mol. The van der Waals surface area contributed by atoms with Gasteiger partial charge in [0, 0.05) is 5.56 Å². The first-order valence-electron chi connectivity index (χ1n) is 4.29. The van der Waals surface area contributed by atoms with Gasteiger partial charge in [-0.25, -0.2) is 0 Å². The summed E-state index contributed by atoms with van der Waals surface area (Å²) in [5.74, 6) is -0.675. The van der Waals surface area contributed by atoms with Crippen LogP contribution in [0.3, 0.4) is 0 Å². The molecule has 1 rings (SSSR count). The van der Waals surface area contributed by atoms with Crippen LogP contribution in [0.15, 0.2) is 29.4 Å². The number of hydrogen-bond donors (Lipinski definition) is 1. The number of rotatable bonds is 2. The first-order valence-corrected chi connectivity index (χ1v) is 4.29. The van der Waals surface area contributed by atoms with E-state index in [-0.39, 0.29) is 0 Å². The van der Waals surface area contributed by atoms with E-state index >= 15 is 0 Å². The molecule has 0 spiro atoms. The highest BCUT2D eigenvalue weighted by Gasteiger charge is 2.38. The summed E-state index contributed by atoms with van der Waals surface area (Å²) in [5.41, 5.74) is -2.19. The van der Waals surface area contributed by atoms with Gasteiger partial charge in [-0.05, 0) is 24.3 Å². The van der Waals surface area contributed by atoms with E-state index in [2.05, 4.69) is 9.89 Å². The van der Waals surface area contributed by atoms with Gasteiger partial charge in [-0.3, -0.25) is 0 Å². The molecule has 0 aromatic heterocycles. The molecule has 0 heterocycles. The number of nitrogens with zero attached hydrogens (tertiary/aromatic N) is 1. The van der Waals surface area contributed by atoms with Gasteiger partial charge in [0.05, 0.1) is 0 Å². The maximum Gasteiger partial charge on any atom is 0.573 e. The standard InChI is InChI=1S/C9H5F6NO2/c10-8(11,12)7(16-17)5-1-3-6(4-2-5)18-9(13,14)15/h1-4,17H. The topological polar surface area (TPSA) is 41.8 Å². The maximum absolute atomic E-state index is 12.3. The Kier molecular flexibility index (Phi) is 3.73. The lowest BCUT2D eigenvalue weighted by molar-refractivity contribution is -0.274.